The Bertz CT molecular complexity index is 1440. The van der Waals surface area contributed by atoms with Gasteiger partial charge in [0, 0.05) is 6.42 Å². The van der Waals surface area contributed by atoms with Crippen molar-refractivity contribution in [3.63, 3.8) is 0 Å². The molecule has 252 valence electrons. The highest BCUT2D eigenvalue weighted by atomic mass is 16.7. The first-order valence-electron chi connectivity index (χ1n) is 16.5. The third kappa shape index (κ3) is 7.33. The van der Waals surface area contributed by atoms with E-state index in [1.165, 1.54) is 7.11 Å². The molecule has 2 bridgehead atoms. The van der Waals surface area contributed by atoms with Crippen LogP contribution in [0.4, 0.5) is 4.79 Å². The Labute approximate surface area is 277 Å². The van der Waals surface area contributed by atoms with Crippen molar-refractivity contribution in [3.05, 3.63) is 71.8 Å². The van der Waals surface area contributed by atoms with Gasteiger partial charge in [0.1, 0.15) is 18.1 Å². The second-order valence-electron chi connectivity index (χ2n) is 14.1. The molecule has 3 saturated carbocycles. The normalized spacial score (nSPS) is 25.8. The van der Waals surface area contributed by atoms with Crippen molar-refractivity contribution in [3.8, 4) is 0 Å². The van der Waals surface area contributed by atoms with Crippen LogP contribution in [0.2, 0.25) is 0 Å². The van der Waals surface area contributed by atoms with Gasteiger partial charge in [-0.15, -0.1) is 0 Å². The van der Waals surface area contributed by atoms with E-state index in [2.05, 4.69) is 42.0 Å². The number of carbonyl (C=O) groups excluding carboxylic acids is 4. The van der Waals surface area contributed by atoms with Crippen molar-refractivity contribution in [1.29, 1.82) is 0 Å². The summed E-state index contributed by atoms with van der Waals surface area (Å²) in [6, 6.07) is 15.1. The fraction of sp³-hybridized carbons (Fsp3) is 0.543. The molecule has 0 spiro atoms. The molecule has 1 saturated heterocycles. The Hall–Kier alpha value is -3.90. The Morgan fingerprint density at radius 3 is 2.17 bits per heavy atom. The lowest BCUT2D eigenvalue weighted by atomic mass is 9.43. The number of carbonyl (C=O) groups is 4. The van der Waals surface area contributed by atoms with Gasteiger partial charge in [0.05, 0.1) is 25.3 Å². The lowest BCUT2D eigenvalue weighted by Crippen LogP contribution is -2.65. The Morgan fingerprint density at radius 2 is 1.55 bits per heavy atom. The molecule has 11 nitrogen and oxygen atoms in total. The standard InChI is InChI=1S/C35H47BN4O7/c1-21(2)28(40-33(44)45-6)32(43)38-25(17-22-13-9-7-10-14-22)30(41)39-29(23-15-11-8-12-16-23)31(42)37-20-36-46-27-19-24-18-26(34(24,3)4)35(27,5)47-36/h7-16,21,24-29H,17-20H2,1-6H3,(H,37,42)(H,38,43)(H,39,41)(H,40,44)/t24?,25-,26?,27+,28-,29-,35-/m0/s1. The van der Waals surface area contributed by atoms with Crippen LogP contribution in [-0.4, -0.2) is 68.3 Å². The van der Waals surface area contributed by atoms with Gasteiger partial charge in [-0.1, -0.05) is 88.4 Å². The molecule has 7 atom stereocenters. The molecule has 2 unspecified atom stereocenters. The van der Waals surface area contributed by atoms with E-state index in [-0.39, 0.29) is 30.3 Å². The predicted molar refractivity (Wildman–Crippen MR) is 177 cm³/mol. The molecule has 0 aromatic heterocycles. The van der Waals surface area contributed by atoms with Gasteiger partial charge in [-0.05, 0) is 54.1 Å². The topological polar surface area (TPSA) is 144 Å². The van der Waals surface area contributed by atoms with Crippen molar-refractivity contribution in [2.24, 2.45) is 23.2 Å². The number of hydrogen-bond donors (Lipinski definition) is 4. The highest BCUT2D eigenvalue weighted by molar-refractivity contribution is 6.46. The van der Waals surface area contributed by atoms with E-state index in [0.29, 0.717) is 17.4 Å². The van der Waals surface area contributed by atoms with Gasteiger partial charge in [-0.25, -0.2) is 4.79 Å². The minimum absolute atomic E-state index is 0.0171. The zero-order chi connectivity index (χ0) is 33.9. The van der Waals surface area contributed by atoms with E-state index in [1.54, 1.807) is 38.1 Å². The molecule has 1 aliphatic heterocycles. The molecule has 3 aliphatic carbocycles. The third-order valence-electron chi connectivity index (χ3n) is 10.4. The minimum Gasteiger partial charge on any atom is -0.453 e. The van der Waals surface area contributed by atoms with Crippen LogP contribution in [0, 0.1) is 23.2 Å². The molecule has 4 N–H and O–H groups in total. The van der Waals surface area contributed by atoms with Gasteiger partial charge in [0.15, 0.2) is 0 Å². The predicted octanol–water partition coefficient (Wildman–Crippen LogP) is 3.34. The van der Waals surface area contributed by atoms with Gasteiger partial charge in [-0.3, -0.25) is 14.4 Å². The molecule has 12 heteroatoms. The fourth-order valence-corrected chi connectivity index (χ4v) is 7.55. The maximum Gasteiger partial charge on any atom is 0.478 e. The summed E-state index contributed by atoms with van der Waals surface area (Å²) in [5, 5.41) is 11.2. The molecule has 2 aromatic carbocycles. The molecule has 47 heavy (non-hydrogen) atoms. The number of methoxy groups -OCH3 is 1. The van der Waals surface area contributed by atoms with Crippen molar-refractivity contribution >= 4 is 30.9 Å². The van der Waals surface area contributed by atoms with E-state index in [4.69, 9.17) is 14.0 Å². The largest absolute Gasteiger partial charge is 0.478 e. The molecule has 6 rings (SSSR count). The summed E-state index contributed by atoms with van der Waals surface area (Å²) in [5.74, 6) is -0.823. The van der Waals surface area contributed by atoms with Gasteiger partial charge < -0.3 is 35.3 Å². The highest BCUT2D eigenvalue weighted by Crippen LogP contribution is 2.65. The van der Waals surface area contributed by atoms with E-state index in [1.807, 2.05) is 36.4 Å². The number of ether oxygens (including phenoxy) is 1. The average Bonchev–Trinajstić information content (AvgIpc) is 3.41. The monoisotopic (exact) mass is 646 g/mol. The van der Waals surface area contributed by atoms with Gasteiger partial charge >= 0.3 is 13.2 Å². The fourth-order valence-electron chi connectivity index (χ4n) is 7.55. The molecule has 4 aliphatic rings. The molecule has 4 amide bonds. The van der Waals surface area contributed by atoms with Gasteiger partial charge in [0.2, 0.25) is 17.7 Å². The summed E-state index contributed by atoms with van der Waals surface area (Å²) in [6.07, 6.45) is 1.58. The first-order chi connectivity index (χ1) is 22.3. The number of benzene rings is 2. The Balaban J connectivity index is 1.30. The SMILES string of the molecule is COC(=O)N[C@H](C(=O)N[C@@H](Cc1ccccc1)C(=O)N[C@H](C(=O)NCB1O[C@@H]2CC3CC(C3(C)C)[C@]2(C)O1)c1ccccc1)C(C)C. The smallest absolute Gasteiger partial charge is 0.453 e. The van der Waals surface area contributed by atoms with Crippen molar-refractivity contribution in [2.75, 3.05) is 13.6 Å². The van der Waals surface area contributed by atoms with Crippen LogP contribution in [-0.2, 0) is 34.9 Å². The lowest BCUT2D eigenvalue weighted by molar-refractivity contribution is -0.199. The van der Waals surface area contributed by atoms with Crippen LogP contribution in [0.5, 0.6) is 0 Å². The number of amides is 4. The number of rotatable bonds is 12. The Morgan fingerprint density at radius 1 is 0.894 bits per heavy atom. The van der Waals surface area contributed by atoms with E-state index < -0.39 is 54.7 Å². The van der Waals surface area contributed by atoms with Crippen LogP contribution < -0.4 is 21.3 Å². The maximum absolute atomic E-state index is 13.9. The number of hydrogen-bond acceptors (Lipinski definition) is 7. The van der Waals surface area contributed by atoms with Gasteiger partial charge in [0.25, 0.3) is 0 Å². The zero-order valence-corrected chi connectivity index (χ0v) is 28.1. The zero-order valence-electron chi connectivity index (χ0n) is 28.1. The Kier molecular flexibility index (Phi) is 10.3. The second-order valence-corrected chi connectivity index (χ2v) is 14.1. The van der Waals surface area contributed by atoms with Crippen LogP contribution in [0.15, 0.2) is 60.7 Å². The molecule has 4 fully saturated rings. The molecular weight excluding hydrogens is 599 g/mol. The van der Waals surface area contributed by atoms with E-state index >= 15 is 0 Å². The first kappa shape index (κ1) is 34.4. The summed E-state index contributed by atoms with van der Waals surface area (Å²) in [6.45, 7) is 10.3. The third-order valence-corrected chi connectivity index (χ3v) is 10.4. The van der Waals surface area contributed by atoms with E-state index in [0.717, 1.165) is 18.4 Å². The van der Waals surface area contributed by atoms with Gasteiger partial charge in [-0.2, -0.15) is 0 Å². The van der Waals surface area contributed by atoms with E-state index in [9.17, 15) is 19.2 Å². The summed E-state index contributed by atoms with van der Waals surface area (Å²) in [4.78, 5) is 53.1. The second kappa shape index (κ2) is 14.1. The van der Waals surface area contributed by atoms with Crippen molar-refractivity contribution < 1.29 is 33.2 Å². The number of alkyl carbamates (subject to hydrolysis) is 1. The van der Waals surface area contributed by atoms with Crippen LogP contribution in [0.1, 0.15) is 64.6 Å². The quantitative estimate of drug-likeness (QED) is 0.259. The molecular formula is C35H47BN4O7. The van der Waals surface area contributed by atoms with Crippen LogP contribution >= 0.6 is 0 Å². The highest BCUT2D eigenvalue weighted by Gasteiger charge is 2.67. The maximum atomic E-state index is 13.9. The average molecular weight is 647 g/mol. The van der Waals surface area contributed by atoms with Crippen molar-refractivity contribution in [1.82, 2.24) is 21.3 Å². The number of nitrogens with one attached hydrogen (secondary N) is 4. The van der Waals surface area contributed by atoms with Crippen molar-refractivity contribution in [2.45, 2.75) is 83.7 Å². The summed E-state index contributed by atoms with van der Waals surface area (Å²) in [7, 11) is 0.614. The molecule has 1 heterocycles. The summed E-state index contributed by atoms with van der Waals surface area (Å²) >= 11 is 0. The lowest BCUT2D eigenvalue weighted by Gasteiger charge is -2.64. The summed E-state index contributed by atoms with van der Waals surface area (Å²) in [5.41, 5.74) is 1.18. The van der Waals surface area contributed by atoms with Crippen LogP contribution in [0.3, 0.4) is 0 Å². The molecule has 2 aromatic rings. The minimum atomic E-state index is -1.06. The summed E-state index contributed by atoms with van der Waals surface area (Å²) < 4.78 is 17.5. The first-order valence-corrected chi connectivity index (χ1v) is 16.5. The molecule has 0 radical (unpaired) electrons. The van der Waals surface area contributed by atoms with Crippen LogP contribution in [0.25, 0.3) is 0 Å².